The van der Waals surface area contributed by atoms with Crippen LogP contribution in [0.3, 0.4) is 0 Å². The average Bonchev–Trinajstić information content (AvgIpc) is 2.62. The van der Waals surface area contributed by atoms with Crippen LogP contribution in [-0.4, -0.2) is 30.3 Å². The Kier molecular flexibility index (Phi) is 6.11. The Balaban J connectivity index is 1.44. The van der Waals surface area contributed by atoms with Gasteiger partial charge in [-0.3, -0.25) is 19.7 Å². The van der Waals surface area contributed by atoms with E-state index < -0.39 is 24.5 Å². The highest BCUT2D eigenvalue weighted by Gasteiger charge is 2.41. The van der Waals surface area contributed by atoms with Gasteiger partial charge >= 0.3 is 12.0 Å². The van der Waals surface area contributed by atoms with Gasteiger partial charge in [-0.25, -0.2) is 4.79 Å². The normalized spacial score (nSPS) is 23.6. The number of esters is 1. The minimum atomic E-state index is -0.692. The molecule has 2 aliphatic carbocycles. The first-order valence-corrected chi connectivity index (χ1v) is 9.72. The summed E-state index contributed by atoms with van der Waals surface area (Å²) in [6.07, 6.45) is 3.70. The third kappa shape index (κ3) is 4.77. The molecule has 2 bridgehead atoms. The number of carbonyl (C=O) groups excluding carboxylic acids is 4. The maximum Gasteiger partial charge on any atom is 0.325 e. The maximum absolute atomic E-state index is 12.3. The molecule has 0 heterocycles. The number of ether oxygens (including phenoxy) is 1. The number of urea groups is 1. The van der Waals surface area contributed by atoms with Gasteiger partial charge in [0, 0.05) is 17.5 Å². The van der Waals surface area contributed by atoms with E-state index in [0.29, 0.717) is 18.5 Å². The summed E-state index contributed by atoms with van der Waals surface area (Å²) in [6.45, 7) is 3.29. The minimum Gasteiger partial charge on any atom is -0.455 e. The first kappa shape index (κ1) is 20.0. The minimum absolute atomic E-state index is 0.0533. The predicted molar refractivity (Wildman–Crippen MR) is 103 cm³/mol. The highest BCUT2D eigenvalue weighted by molar-refractivity contribution is 6.02. The summed E-state index contributed by atoms with van der Waals surface area (Å²) < 4.78 is 5.09. The number of imide groups is 1. The van der Waals surface area contributed by atoms with Crippen molar-refractivity contribution >= 4 is 29.4 Å². The number of hydrogen-bond acceptors (Lipinski definition) is 5. The van der Waals surface area contributed by atoms with Crippen LogP contribution in [-0.2, 0) is 19.1 Å². The Bertz CT molecular complexity index is 788. The van der Waals surface area contributed by atoms with Crippen LogP contribution in [0.25, 0.3) is 0 Å². The van der Waals surface area contributed by atoms with Crippen LogP contribution in [0.1, 0.15) is 43.2 Å². The van der Waals surface area contributed by atoms with Crippen LogP contribution in [0.5, 0.6) is 0 Å². The summed E-state index contributed by atoms with van der Waals surface area (Å²) >= 11 is 0. The lowest BCUT2D eigenvalue weighted by molar-refractivity contribution is -0.156. The van der Waals surface area contributed by atoms with Gasteiger partial charge in [0.2, 0.25) is 0 Å². The third-order valence-electron chi connectivity index (χ3n) is 5.61. The molecule has 1 unspecified atom stereocenters. The molecule has 7 nitrogen and oxygen atoms in total. The zero-order valence-corrected chi connectivity index (χ0v) is 16.2. The second-order valence-corrected chi connectivity index (χ2v) is 7.82. The van der Waals surface area contributed by atoms with E-state index in [1.165, 1.54) is 0 Å². The van der Waals surface area contributed by atoms with Crippen LogP contribution in [0.15, 0.2) is 18.2 Å². The van der Waals surface area contributed by atoms with Crippen LogP contribution >= 0.6 is 0 Å². The molecule has 0 aliphatic heterocycles. The van der Waals surface area contributed by atoms with Gasteiger partial charge in [0.25, 0.3) is 5.91 Å². The molecule has 28 heavy (non-hydrogen) atoms. The van der Waals surface area contributed by atoms with Gasteiger partial charge in [-0.05, 0) is 51.2 Å². The highest BCUT2D eigenvalue weighted by atomic mass is 16.5. The summed E-state index contributed by atoms with van der Waals surface area (Å²) in [4.78, 5) is 48.2. The zero-order chi connectivity index (χ0) is 20.3. The number of anilines is 1. The fraction of sp³-hybridized carbons (Fsp3) is 0.524. The van der Waals surface area contributed by atoms with Crippen molar-refractivity contribution in [2.75, 3.05) is 11.9 Å². The summed E-state index contributed by atoms with van der Waals surface area (Å²) in [6, 6.07) is 4.86. The van der Waals surface area contributed by atoms with Gasteiger partial charge in [-0.15, -0.1) is 0 Å². The molecule has 0 aromatic heterocycles. The third-order valence-corrected chi connectivity index (χ3v) is 5.61. The predicted octanol–water partition coefficient (Wildman–Crippen LogP) is 2.89. The Labute approximate surface area is 164 Å². The number of nitrogens with one attached hydrogen (secondary N) is 2. The number of aryl methyl sites for hydroxylation is 2. The van der Waals surface area contributed by atoms with Gasteiger partial charge < -0.3 is 10.1 Å². The Hall–Kier alpha value is -2.70. The van der Waals surface area contributed by atoms with Crippen molar-refractivity contribution in [3.8, 4) is 0 Å². The average molecular weight is 386 g/mol. The molecular formula is C21H26N2O5. The number of ketones is 1. The molecule has 3 rings (SSSR count). The van der Waals surface area contributed by atoms with Gasteiger partial charge in [0.15, 0.2) is 6.61 Å². The smallest absolute Gasteiger partial charge is 0.325 e. The van der Waals surface area contributed by atoms with Crippen molar-refractivity contribution in [2.45, 2.75) is 46.0 Å². The molecule has 1 aromatic carbocycles. The molecule has 0 spiro atoms. The Morgan fingerprint density at radius 2 is 1.79 bits per heavy atom. The number of amides is 3. The Morgan fingerprint density at radius 1 is 1.11 bits per heavy atom. The quantitative estimate of drug-likeness (QED) is 0.775. The SMILES string of the molecule is Cc1ccc(NC(=O)NC(=O)COC(=O)C2C[C@H]3CCC[C@@H](C2)C3=O)c(C)c1. The second-order valence-electron chi connectivity index (χ2n) is 7.82. The van der Waals surface area contributed by atoms with Crippen LogP contribution in [0, 0.1) is 31.6 Å². The topological polar surface area (TPSA) is 102 Å². The van der Waals surface area contributed by atoms with Gasteiger partial charge in [0.05, 0.1) is 5.92 Å². The van der Waals surface area contributed by atoms with Crippen molar-refractivity contribution in [1.29, 1.82) is 0 Å². The van der Waals surface area contributed by atoms with E-state index in [9.17, 15) is 19.2 Å². The van der Waals surface area contributed by atoms with E-state index in [1.807, 2.05) is 26.0 Å². The van der Waals surface area contributed by atoms with Crippen molar-refractivity contribution in [2.24, 2.45) is 17.8 Å². The van der Waals surface area contributed by atoms with Crippen molar-refractivity contribution in [1.82, 2.24) is 5.32 Å². The molecule has 2 fully saturated rings. The number of carbonyl (C=O) groups is 4. The molecule has 3 amide bonds. The van der Waals surface area contributed by atoms with E-state index in [4.69, 9.17) is 4.74 Å². The van der Waals surface area contributed by atoms with Crippen LogP contribution in [0.2, 0.25) is 0 Å². The molecule has 150 valence electrons. The molecule has 0 radical (unpaired) electrons. The van der Waals surface area contributed by atoms with Crippen molar-refractivity contribution in [3.63, 3.8) is 0 Å². The highest BCUT2D eigenvalue weighted by Crippen LogP contribution is 2.40. The van der Waals surface area contributed by atoms with Crippen LogP contribution < -0.4 is 10.6 Å². The van der Waals surface area contributed by atoms with Crippen molar-refractivity contribution in [3.05, 3.63) is 29.3 Å². The van der Waals surface area contributed by atoms with E-state index in [2.05, 4.69) is 10.6 Å². The van der Waals surface area contributed by atoms with E-state index in [1.54, 1.807) is 6.07 Å². The standard InChI is InChI=1S/C21H26N2O5/c1-12-6-7-17(13(2)8-12)22-21(27)23-18(24)11-28-20(26)16-9-14-4-3-5-15(10-16)19(14)25/h6-8,14-16H,3-5,9-11H2,1-2H3,(H2,22,23,24,27)/t14-,15+,16?. The van der Waals surface area contributed by atoms with Crippen LogP contribution in [0.4, 0.5) is 10.5 Å². The molecule has 0 saturated heterocycles. The fourth-order valence-electron chi connectivity index (χ4n) is 4.20. The monoisotopic (exact) mass is 386 g/mol. The molecule has 2 saturated carbocycles. The lowest BCUT2D eigenvalue weighted by Crippen LogP contribution is -2.41. The first-order valence-electron chi connectivity index (χ1n) is 9.72. The molecule has 2 aliphatic rings. The van der Waals surface area contributed by atoms with E-state index >= 15 is 0 Å². The molecule has 7 heteroatoms. The number of rotatable bonds is 4. The number of Topliss-reactive ketones (excluding diaryl/α,β-unsaturated/α-hetero) is 1. The summed E-state index contributed by atoms with van der Waals surface area (Å²) in [5.74, 6) is -1.33. The van der Waals surface area contributed by atoms with Crippen molar-refractivity contribution < 1.29 is 23.9 Å². The summed E-state index contributed by atoms with van der Waals surface area (Å²) in [5, 5.41) is 4.76. The van der Waals surface area contributed by atoms with Gasteiger partial charge in [-0.1, -0.05) is 24.1 Å². The lowest BCUT2D eigenvalue weighted by Gasteiger charge is -2.36. The molecule has 2 N–H and O–H groups in total. The second kappa shape index (κ2) is 8.54. The summed E-state index contributed by atoms with van der Waals surface area (Å²) in [7, 11) is 0. The zero-order valence-electron chi connectivity index (χ0n) is 16.2. The first-order chi connectivity index (χ1) is 13.3. The largest absolute Gasteiger partial charge is 0.455 e. The summed E-state index contributed by atoms with van der Waals surface area (Å²) in [5.41, 5.74) is 2.55. The van der Waals surface area contributed by atoms with Gasteiger partial charge in [0.1, 0.15) is 5.78 Å². The van der Waals surface area contributed by atoms with E-state index in [-0.39, 0.29) is 23.5 Å². The van der Waals surface area contributed by atoms with E-state index in [0.717, 1.165) is 30.4 Å². The fourth-order valence-corrected chi connectivity index (χ4v) is 4.20. The number of fused-ring (bicyclic) bond motifs is 2. The van der Waals surface area contributed by atoms with Gasteiger partial charge in [-0.2, -0.15) is 0 Å². The molecule has 3 atom stereocenters. The molecule has 1 aromatic rings. The number of hydrogen-bond donors (Lipinski definition) is 2. The lowest BCUT2D eigenvalue weighted by atomic mass is 9.67. The Morgan fingerprint density at radius 3 is 2.43 bits per heavy atom. The number of benzene rings is 1. The molecular weight excluding hydrogens is 360 g/mol. The maximum atomic E-state index is 12.3.